The minimum Gasteiger partial charge on any atom is -0.300 e. The van der Waals surface area contributed by atoms with Crippen LogP contribution in [-0.2, 0) is 9.59 Å². The van der Waals surface area contributed by atoms with Crippen LogP contribution in [0.1, 0.15) is 78.6 Å². The maximum atomic E-state index is 12.4. The van der Waals surface area contributed by atoms with Crippen molar-refractivity contribution >= 4 is 11.6 Å². The molecule has 22 heavy (non-hydrogen) atoms. The van der Waals surface area contributed by atoms with Crippen LogP contribution >= 0.6 is 0 Å². The van der Waals surface area contributed by atoms with Crippen molar-refractivity contribution in [3.05, 3.63) is 0 Å². The van der Waals surface area contributed by atoms with E-state index in [0.29, 0.717) is 22.9 Å². The van der Waals surface area contributed by atoms with Crippen LogP contribution in [-0.4, -0.2) is 11.6 Å². The smallest absolute Gasteiger partial charge is 0.139 e. The fraction of sp³-hybridized carbons (Fsp3) is 0.900. The molecule has 0 aliphatic heterocycles. The van der Waals surface area contributed by atoms with E-state index in [1.165, 1.54) is 19.3 Å². The minimum absolute atomic E-state index is 0.0181. The van der Waals surface area contributed by atoms with Crippen molar-refractivity contribution in [2.24, 2.45) is 34.0 Å². The van der Waals surface area contributed by atoms with Crippen LogP contribution in [0.25, 0.3) is 0 Å². The number of rotatable bonds is 0. The van der Waals surface area contributed by atoms with Gasteiger partial charge in [0.05, 0.1) is 0 Å². The Balaban J connectivity index is 1.69. The highest BCUT2D eigenvalue weighted by Gasteiger charge is 2.63. The van der Waals surface area contributed by atoms with Crippen molar-refractivity contribution in [1.29, 1.82) is 0 Å². The summed E-state index contributed by atoms with van der Waals surface area (Å²) in [6.07, 6.45) is 9.36. The van der Waals surface area contributed by atoms with Gasteiger partial charge in [-0.1, -0.05) is 20.8 Å². The summed E-state index contributed by atoms with van der Waals surface area (Å²) in [5.74, 6) is 3.11. The number of hydrogen-bond acceptors (Lipinski definition) is 2. The van der Waals surface area contributed by atoms with Crippen LogP contribution in [0, 0.1) is 34.0 Å². The van der Waals surface area contributed by atoms with Crippen molar-refractivity contribution in [2.45, 2.75) is 78.6 Å². The molecule has 0 aromatic heterocycles. The summed E-state index contributed by atoms with van der Waals surface area (Å²) >= 11 is 0. The van der Waals surface area contributed by atoms with Crippen LogP contribution < -0.4 is 0 Å². The molecule has 0 unspecified atom stereocenters. The zero-order valence-electron chi connectivity index (χ0n) is 14.4. The predicted molar refractivity (Wildman–Crippen MR) is 86.4 cm³/mol. The van der Waals surface area contributed by atoms with Gasteiger partial charge < -0.3 is 0 Å². The van der Waals surface area contributed by atoms with Gasteiger partial charge in [-0.2, -0.15) is 0 Å². The van der Waals surface area contributed by atoms with Gasteiger partial charge in [0.15, 0.2) is 0 Å². The van der Waals surface area contributed by atoms with Gasteiger partial charge >= 0.3 is 0 Å². The van der Waals surface area contributed by atoms with Crippen LogP contribution in [0.5, 0.6) is 0 Å². The lowest BCUT2D eigenvalue weighted by Crippen LogP contribution is -2.57. The summed E-state index contributed by atoms with van der Waals surface area (Å²) in [4.78, 5) is 24.5. The first-order valence-electron chi connectivity index (χ1n) is 9.35. The fourth-order valence-electron chi connectivity index (χ4n) is 7.17. The molecule has 122 valence electrons. The highest BCUT2D eigenvalue weighted by atomic mass is 16.1. The zero-order valence-corrected chi connectivity index (χ0v) is 14.4. The monoisotopic (exact) mass is 302 g/mol. The quantitative estimate of drug-likeness (QED) is 0.657. The molecule has 0 aromatic rings. The summed E-state index contributed by atoms with van der Waals surface area (Å²) < 4.78 is 0. The van der Waals surface area contributed by atoms with Crippen LogP contribution in [0.3, 0.4) is 0 Å². The summed E-state index contributed by atoms with van der Waals surface area (Å²) in [5.41, 5.74) is 0.506. The third kappa shape index (κ3) is 1.67. The summed E-state index contributed by atoms with van der Waals surface area (Å²) in [7, 11) is 0. The predicted octanol–water partition coefficient (Wildman–Crippen LogP) is 4.56. The van der Waals surface area contributed by atoms with Gasteiger partial charge in [0.1, 0.15) is 11.6 Å². The van der Waals surface area contributed by atoms with E-state index in [9.17, 15) is 9.59 Å². The van der Waals surface area contributed by atoms with E-state index in [2.05, 4.69) is 20.8 Å². The van der Waals surface area contributed by atoms with E-state index in [0.717, 1.165) is 50.4 Å². The first kappa shape index (κ1) is 14.9. The van der Waals surface area contributed by atoms with Gasteiger partial charge in [-0.3, -0.25) is 9.59 Å². The molecule has 0 aromatic carbocycles. The van der Waals surface area contributed by atoms with E-state index in [4.69, 9.17) is 0 Å². The number of hydrogen-bond donors (Lipinski definition) is 0. The zero-order chi connectivity index (χ0) is 15.8. The highest BCUT2D eigenvalue weighted by Crippen LogP contribution is 2.68. The van der Waals surface area contributed by atoms with Crippen LogP contribution in [0.4, 0.5) is 0 Å². The third-order valence-corrected chi connectivity index (χ3v) is 8.88. The number of carbonyl (C=O) groups is 2. The van der Waals surface area contributed by atoms with Gasteiger partial charge in [-0.25, -0.2) is 0 Å². The van der Waals surface area contributed by atoms with Gasteiger partial charge in [0.25, 0.3) is 0 Å². The van der Waals surface area contributed by atoms with Gasteiger partial charge in [-0.15, -0.1) is 0 Å². The molecule has 0 radical (unpaired) electrons. The summed E-state index contributed by atoms with van der Waals surface area (Å²) in [5, 5.41) is 0. The Hall–Kier alpha value is -0.660. The average molecular weight is 302 g/mol. The van der Waals surface area contributed by atoms with Gasteiger partial charge in [0, 0.05) is 24.7 Å². The molecule has 4 aliphatic carbocycles. The lowest BCUT2D eigenvalue weighted by molar-refractivity contribution is -0.163. The van der Waals surface area contributed by atoms with Crippen molar-refractivity contribution in [3.63, 3.8) is 0 Å². The molecule has 6 atom stereocenters. The molecule has 2 heteroatoms. The number of carbonyl (C=O) groups excluding carboxylic acids is 2. The Morgan fingerprint density at radius 3 is 2.41 bits per heavy atom. The normalized spacial score (nSPS) is 54.6. The lowest BCUT2D eigenvalue weighted by atomic mass is 9.41. The maximum absolute atomic E-state index is 12.4. The summed E-state index contributed by atoms with van der Waals surface area (Å²) in [6.45, 7) is 7.12. The maximum Gasteiger partial charge on any atom is 0.139 e. The molecule has 2 nitrogen and oxygen atoms in total. The molecule has 0 heterocycles. The molecule has 4 aliphatic rings. The van der Waals surface area contributed by atoms with Gasteiger partial charge in [-0.05, 0) is 67.1 Å². The Bertz CT molecular complexity index is 538. The number of Topliss-reactive ketones (excluding diaryl/α,β-unsaturated/α-hetero) is 2. The van der Waals surface area contributed by atoms with E-state index >= 15 is 0 Å². The Labute approximate surface area is 134 Å². The first-order valence-corrected chi connectivity index (χ1v) is 9.35. The SMILES string of the molecule is C[C@]12CC[C@@H]3[C@@H]4CCC(=O)[C@]4(C)CC[C@@H]3[C@]1(C)CCC(=O)C2. The minimum atomic E-state index is -0.0181. The standard InChI is InChI=1S/C20H30O2/c1-18-9-7-14-15-4-5-17(22)19(15,2)10-8-16(14)20(18,3)11-6-13(21)12-18/h14-16H,4-12H2,1-3H3/t14-,15+,16+,18-,19-,20+/m1/s1. The number of ketones is 2. The van der Waals surface area contributed by atoms with Gasteiger partial charge in [0.2, 0.25) is 0 Å². The molecule has 4 saturated carbocycles. The molecule has 0 spiro atoms. The molecular weight excluding hydrogens is 272 g/mol. The largest absolute Gasteiger partial charge is 0.300 e. The van der Waals surface area contributed by atoms with Crippen LogP contribution in [0.15, 0.2) is 0 Å². The molecular formula is C20H30O2. The van der Waals surface area contributed by atoms with Crippen LogP contribution in [0.2, 0.25) is 0 Å². The topological polar surface area (TPSA) is 34.1 Å². The lowest BCUT2D eigenvalue weighted by Gasteiger charge is -2.63. The molecule has 4 fully saturated rings. The van der Waals surface area contributed by atoms with Crippen molar-refractivity contribution in [1.82, 2.24) is 0 Å². The van der Waals surface area contributed by atoms with E-state index in [1.807, 2.05) is 0 Å². The second-order valence-electron chi connectivity index (χ2n) is 9.53. The summed E-state index contributed by atoms with van der Waals surface area (Å²) in [6, 6.07) is 0. The van der Waals surface area contributed by atoms with Crippen molar-refractivity contribution in [2.75, 3.05) is 0 Å². The molecule has 4 rings (SSSR count). The Morgan fingerprint density at radius 2 is 1.64 bits per heavy atom. The third-order valence-electron chi connectivity index (χ3n) is 8.88. The Morgan fingerprint density at radius 1 is 0.864 bits per heavy atom. The fourth-order valence-corrected chi connectivity index (χ4v) is 7.17. The average Bonchev–Trinajstić information content (AvgIpc) is 2.76. The first-order chi connectivity index (χ1) is 10.3. The Kier molecular flexibility index (Phi) is 3.02. The second-order valence-corrected chi connectivity index (χ2v) is 9.53. The number of fused-ring (bicyclic) bond motifs is 5. The van der Waals surface area contributed by atoms with Crippen molar-refractivity contribution < 1.29 is 9.59 Å². The van der Waals surface area contributed by atoms with E-state index < -0.39 is 0 Å². The van der Waals surface area contributed by atoms with Crippen molar-refractivity contribution in [3.8, 4) is 0 Å². The second kappa shape index (κ2) is 4.45. The molecule has 0 bridgehead atoms. The molecule has 0 N–H and O–H groups in total. The van der Waals surface area contributed by atoms with E-state index in [1.54, 1.807) is 0 Å². The molecule has 0 saturated heterocycles. The van der Waals surface area contributed by atoms with E-state index in [-0.39, 0.29) is 10.8 Å². The molecule has 0 amide bonds. The highest BCUT2D eigenvalue weighted by molar-refractivity contribution is 5.87.